The summed E-state index contributed by atoms with van der Waals surface area (Å²) < 4.78 is 0. The van der Waals surface area contributed by atoms with Gasteiger partial charge in [0.1, 0.15) is 11.4 Å². The van der Waals surface area contributed by atoms with Gasteiger partial charge < -0.3 is 0 Å². The molecule has 142 valence electrons. The quantitative estimate of drug-likeness (QED) is 0.457. The first-order chi connectivity index (χ1) is 14.9. The lowest BCUT2D eigenvalue weighted by molar-refractivity contribution is 1.01. The largest absolute Gasteiger partial charge is 0.265 e. The molecule has 0 aliphatic rings. The van der Waals surface area contributed by atoms with Gasteiger partial charge in [-0.15, -0.1) is 10.2 Å². The molecule has 0 atom stereocenters. The van der Waals surface area contributed by atoms with Crippen molar-refractivity contribution in [1.29, 1.82) is 0 Å². The number of pyridine rings is 3. The lowest BCUT2D eigenvalue weighted by Crippen LogP contribution is -2.03. The average molecular weight is 389 g/mol. The van der Waals surface area contributed by atoms with Crippen molar-refractivity contribution < 1.29 is 0 Å². The molecule has 0 saturated heterocycles. The van der Waals surface area contributed by atoms with Crippen LogP contribution in [0.2, 0.25) is 0 Å². The van der Waals surface area contributed by atoms with E-state index in [1.54, 1.807) is 43.2 Å². The Morgan fingerprint density at radius 2 is 1.27 bits per heavy atom. The molecule has 7 nitrogen and oxygen atoms in total. The minimum absolute atomic E-state index is 0.495. The number of nitrogens with zero attached hydrogens (tertiary/aromatic N) is 7. The van der Waals surface area contributed by atoms with Crippen LogP contribution in [0.5, 0.6) is 0 Å². The van der Waals surface area contributed by atoms with Crippen LogP contribution in [0.4, 0.5) is 0 Å². The molecule has 5 heterocycles. The summed E-state index contributed by atoms with van der Waals surface area (Å²) in [6, 6.07) is 15.3. The fraction of sp³-hybridized carbons (Fsp3) is 0. The third-order valence-corrected chi connectivity index (χ3v) is 4.58. The van der Waals surface area contributed by atoms with Gasteiger partial charge in [-0.1, -0.05) is 12.1 Å². The fourth-order valence-electron chi connectivity index (χ4n) is 3.29. The highest BCUT2D eigenvalue weighted by atomic mass is 15.1. The molecule has 5 rings (SSSR count). The zero-order chi connectivity index (χ0) is 20.2. The van der Waals surface area contributed by atoms with Crippen molar-refractivity contribution in [3.63, 3.8) is 0 Å². The zero-order valence-corrected chi connectivity index (χ0v) is 15.8. The number of rotatable bonds is 4. The Labute approximate surface area is 172 Å². The first-order valence-electron chi connectivity index (χ1n) is 9.32. The van der Waals surface area contributed by atoms with Crippen LogP contribution in [0, 0.1) is 0 Å². The maximum atomic E-state index is 4.55. The van der Waals surface area contributed by atoms with Crippen molar-refractivity contribution in [3.05, 3.63) is 91.9 Å². The van der Waals surface area contributed by atoms with Crippen LogP contribution in [0.3, 0.4) is 0 Å². The Bertz CT molecular complexity index is 1160. The van der Waals surface area contributed by atoms with Crippen molar-refractivity contribution in [1.82, 2.24) is 35.1 Å². The summed E-state index contributed by atoms with van der Waals surface area (Å²) in [5.74, 6) is 0.495. The summed E-state index contributed by atoms with van der Waals surface area (Å²) in [5.41, 5.74) is 5.52. The molecule has 7 heteroatoms. The van der Waals surface area contributed by atoms with Crippen LogP contribution in [-0.4, -0.2) is 35.1 Å². The second-order valence-electron chi connectivity index (χ2n) is 6.41. The molecule has 0 N–H and O–H groups in total. The zero-order valence-electron chi connectivity index (χ0n) is 15.8. The van der Waals surface area contributed by atoms with Crippen LogP contribution in [0.25, 0.3) is 45.2 Å². The van der Waals surface area contributed by atoms with Crippen molar-refractivity contribution in [2.45, 2.75) is 0 Å². The molecule has 5 aromatic rings. The molecule has 0 aliphatic carbocycles. The molecule has 0 fully saturated rings. The molecule has 0 aromatic carbocycles. The van der Waals surface area contributed by atoms with E-state index in [1.165, 1.54) is 0 Å². The van der Waals surface area contributed by atoms with E-state index in [4.69, 9.17) is 0 Å². The summed E-state index contributed by atoms with van der Waals surface area (Å²) >= 11 is 0. The summed E-state index contributed by atoms with van der Waals surface area (Å²) in [4.78, 5) is 21.8. The Morgan fingerprint density at radius 3 is 2.00 bits per heavy atom. The van der Waals surface area contributed by atoms with Crippen LogP contribution in [-0.2, 0) is 0 Å². The first kappa shape index (κ1) is 17.7. The fourth-order valence-corrected chi connectivity index (χ4v) is 3.29. The highest BCUT2D eigenvalue weighted by Crippen LogP contribution is 2.41. The highest BCUT2D eigenvalue weighted by Gasteiger charge is 2.23. The maximum Gasteiger partial charge on any atom is 0.180 e. The molecule has 30 heavy (non-hydrogen) atoms. The maximum absolute atomic E-state index is 4.55. The SMILES string of the molecule is c1ccc(-c2nnc(-c3ncccn3)c(-c3ccncc3)c2-c2cccnc2)nc1. The third kappa shape index (κ3) is 3.29. The highest BCUT2D eigenvalue weighted by molar-refractivity contribution is 5.96. The lowest BCUT2D eigenvalue weighted by atomic mass is 9.92. The van der Waals surface area contributed by atoms with Crippen LogP contribution >= 0.6 is 0 Å². The molecule has 0 saturated carbocycles. The van der Waals surface area contributed by atoms with Gasteiger partial charge in [0.2, 0.25) is 0 Å². The van der Waals surface area contributed by atoms with Crippen LogP contribution < -0.4 is 0 Å². The number of hydrogen-bond acceptors (Lipinski definition) is 7. The molecule has 5 aromatic heterocycles. The van der Waals surface area contributed by atoms with Crippen molar-refractivity contribution in [3.8, 4) is 45.2 Å². The second kappa shape index (κ2) is 7.92. The molecular formula is C23H15N7. The lowest BCUT2D eigenvalue weighted by Gasteiger charge is -2.16. The van der Waals surface area contributed by atoms with E-state index in [2.05, 4.69) is 35.1 Å². The number of hydrogen-bond donors (Lipinski definition) is 0. The predicted molar refractivity (Wildman–Crippen MR) is 113 cm³/mol. The Hall–Kier alpha value is -4.39. The Balaban J connectivity index is 1.91. The summed E-state index contributed by atoms with van der Waals surface area (Å²) in [7, 11) is 0. The van der Waals surface area contributed by atoms with E-state index in [-0.39, 0.29) is 0 Å². The summed E-state index contributed by atoms with van der Waals surface area (Å²) in [5, 5.41) is 9.08. The van der Waals surface area contributed by atoms with E-state index < -0.39 is 0 Å². The second-order valence-corrected chi connectivity index (χ2v) is 6.41. The van der Waals surface area contributed by atoms with Gasteiger partial charge in [0, 0.05) is 60.1 Å². The molecule has 0 unspecified atom stereocenters. The molecule has 0 aliphatic heterocycles. The van der Waals surface area contributed by atoms with Gasteiger partial charge in [-0.05, 0) is 42.0 Å². The molecule has 0 spiro atoms. The predicted octanol–water partition coefficient (Wildman–Crippen LogP) is 4.12. The number of aromatic nitrogens is 7. The molecule has 0 radical (unpaired) electrons. The first-order valence-corrected chi connectivity index (χ1v) is 9.32. The Kier molecular flexibility index (Phi) is 4.67. The van der Waals surface area contributed by atoms with Gasteiger partial charge in [0.15, 0.2) is 5.82 Å². The van der Waals surface area contributed by atoms with E-state index in [9.17, 15) is 0 Å². The summed E-state index contributed by atoms with van der Waals surface area (Å²) in [6.45, 7) is 0. The molecule has 0 amide bonds. The van der Waals surface area contributed by atoms with Gasteiger partial charge in [-0.25, -0.2) is 9.97 Å². The van der Waals surface area contributed by atoms with Crippen LogP contribution in [0.15, 0.2) is 91.9 Å². The van der Waals surface area contributed by atoms with E-state index in [0.717, 1.165) is 27.9 Å². The smallest absolute Gasteiger partial charge is 0.180 e. The van der Waals surface area contributed by atoms with Gasteiger partial charge in [0.25, 0.3) is 0 Å². The third-order valence-electron chi connectivity index (χ3n) is 4.58. The van der Waals surface area contributed by atoms with E-state index >= 15 is 0 Å². The van der Waals surface area contributed by atoms with Crippen molar-refractivity contribution in [2.75, 3.05) is 0 Å². The monoisotopic (exact) mass is 389 g/mol. The van der Waals surface area contributed by atoms with Gasteiger partial charge in [-0.2, -0.15) is 0 Å². The minimum atomic E-state index is 0.495. The minimum Gasteiger partial charge on any atom is -0.265 e. The summed E-state index contributed by atoms with van der Waals surface area (Å²) in [6.07, 6.45) is 12.2. The topological polar surface area (TPSA) is 90.2 Å². The normalized spacial score (nSPS) is 10.7. The molecule has 0 bridgehead atoms. The van der Waals surface area contributed by atoms with Gasteiger partial charge in [0.05, 0.1) is 5.69 Å². The average Bonchev–Trinajstić information content (AvgIpc) is 2.85. The van der Waals surface area contributed by atoms with E-state index in [0.29, 0.717) is 17.2 Å². The van der Waals surface area contributed by atoms with Gasteiger partial charge >= 0.3 is 0 Å². The van der Waals surface area contributed by atoms with Crippen molar-refractivity contribution in [2.24, 2.45) is 0 Å². The standard InChI is InChI=1S/C23H15N7/c1-2-10-26-18(6-1)21-20(17-5-3-9-25-15-17)19(16-7-13-24-14-8-16)22(30-29-21)23-27-11-4-12-28-23/h1-15H. The Morgan fingerprint density at radius 1 is 0.500 bits per heavy atom. The van der Waals surface area contributed by atoms with Gasteiger partial charge in [-0.3, -0.25) is 15.0 Å². The van der Waals surface area contributed by atoms with Crippen molar-refractivity contribution >= 4 is 0 Å². The van der Waals surface area contributed by atoms with Crippen LogP contribution in [0.1, 0.15) is 0 Å². The molecular weight excluding hydrogens is 374 g/mol. The van der Waals surface area contributed by atoms with E-state index in [1.807, 2.05) is 48.7 Å².